The minimum atomic E-state index is 0.416. The van der Waals surface area contributed by atoms with Gasteiger partial charge in [0.1, 0.15) is 0 Å². The van der Waals surface area contributed by atoms with E-state index in [2.05, 4.69) is 22.2 Å². The van der Waals surface area contributed by atoms with Gasteiger partial charge in [0.15, 0.2) is 0 Å². The van der Waals surface area contributed by atoms with Crippen LogP contribution in [0, 0.1) is 0 Å². The molecule has 1 rings (SSSR count). The predicted molar refractivity (Wildman–Crippen MR) is 52.3 cm³/mol. The molecule has 1 heterocycles. The van der Waals surface area contributed by atoms with Crippen LogP contribution >= 0.6 is 0 Å². The van der Waals surface area contributed by atoms with E-state index in [-0.39, 0.29) is 0 Å². The summed E-state index contributed by atoms with van der Waals surface area (Å²) in [4.78, 5) is 6.21. The Labute approximate surface area is 78.9 Å². The lowest BCUT2D eigenvalue weighted by Crippen LogP contribution is -2.49. The highest BCUT2D eigenvalue weighted by Crippen LogP contribution is 2.11. The molecule has 0 amide bonds. The van der Waals surface area contributed by atoms with Gasteiger partial charge < -0.3 is 9.64 Å². The summed E-state index contributed by atoms with van der Waals surface area (Å²) in [6.45, 7) is 4.59. The number of nitrogens with zero attached hydrogens (tertiary/aromatic N) is 2. The summed E-state index contributed by atoms with van der Waals surface area (Å²) in [6, 6.07) is 0.416. The topological polar surface area (TPSA) is 62.9 Å². The molecule has 0 saturated carbocycles. The molecule has 1 aliphatic heterocycles. The van der Waals surface area contributed by atoms with Gasteiger partial charge in [-0.05, 0) is 13.3 Å². The van der Waals surface area contributed by atoms with Crippen LogP contribution in [0.25, 0.3) is 0 Å². The van der Waals surface area contributed by atoms with Crippen molar-refractivity contribution in [3.8, 4) is 0 Å². The first-order valence-electron chi connectivity index (χ1n) is 4.61. The molecule has 0 aromatic heterocycles. The van der Waals surface area contributed by atoms with Gasteiger partial charge >= 0.3 is 0 Å². The van der Waals surface area contributed by atoms with Crippen LogP contribution in [0.15, 0.2) is 4.99 Å². The Morgan fingerprint density at radius 3 is 2.92 bits per heavy atom. The molecule has 76 valence electrons. The first-order chi connectivity index (χ1) is 6.33. The summed E-state index contributed by atoms with van der Waals surface area (Å²) in [5.74, 6) is 6.10. The number of rotatable bonds is 2. The van der Waals surface area contributed by atoms with Gasteiger partial charge in [-0.25, -0.2) is 5.84 Å². The Balaban J connectivity index is 2.59. The highest BCUT2D eigenvalue weighted by atomic mass is 16.5. The van der Waals surface area contributed by atoms with E-state index >= 15 is 0 Å². The van der Waals surface area contributed by atoms with E-state index < -0.39 is 0 Å². The smallest absolute Gasteiger partial charge is 0.208 e. The van der Waals surface area contributed by atoms with Gasteiger partial charge in [0, 0.05) is 20.2 Å². The Kier molecular flexibility index (Phi) is 3.98. The van der Waals surface area contributed by atoms with Gasteiger partial charge in [0.25, 0.3) is 0 Å². The van der Waals surface area contributed by atoms with Crippen LogP contribution in [-0.2, 0) is 4.74 Å². The first kappa shape index (κ1) is 10.3. The van der Waals surface area contributed by atoms with E-state index in [4.69, 9.17) is 10.6 Å². The first-order valence-corrected chi connectivity index (χ1v) is 4.61. The molecule has 1 atom stereocenters. The molecule has 1 fully saturated rings. The third-order valence-corrected chi connectivity index (χ3v) is 2.30. The summed E-state index contributed by atoms with van der Waals surface area (Å²) in [7, 11) is 1.73. The fourth-order valence-electron chi connectivity index (χ4n) is 1.62. The normalized spacial score (nSPS) is 23.3. The minimum absolute atomic E-state index is 0.416. The van der Waals surface area contributed by atoms with E-state index in [1.165, 1.54) is 0 Å². The minimum Gasteiger partial charge on any atom is -0.379 e. The molecule has 1 unspecified atom stereocenters. The molecule has 3 N–H and O–H groups in total. The van der Waals surface area contributed by atoms with Crippen molar-refractivity contribution < 1.29 is 4.74 Å². The average Bonchev–Trinajstić information content (AvgIpc) is 2.66. The van der Waals surface area contributed by atoms with Crippen LogP contribution in [0.5, 0.6) is 0 Å². The Morgan fingerprint density at radius 1 is 1.77 bits per heavy atom. The number of guanidine groups is 1. The number of likely N-dealkylation sites (N-methyl/N-ethyl adjacent to an activating group) is 1. The van der Waals surface area contributed by atoms with Gasteiger partial charge in [-0.3, -0.25) is 10.4 Å². The van der Waals surface area contributed by atoms with Crippen molar-refractivity contribution in [3.63, 3.8) is 0 Å². The van der Waals surface area contributed by atoms with Crippen LogP contribution < -0.4 is 11.3 Å². The Hall–Kier alpha value is -0.810. The lowest BCUT2D eigenvalue weighted by atomic mass is 10.2. The molecule has 5 nitrogen and oxygen atoms in total. The molecule has 0 aliphatic carbocycles. The van der Waals surface area contributed by atoms with Gasteiger partial charge in [-0.15, -0.1) is 0 Å². The van der Waals surface area contributed by atoms with E-state index in [0.717, 1.165) is 32.1 Å². The van der Waals surface area contributed by atoms with Crippen molar-refractivity contribution >= 4 is 5.96 Å². The molecular formula is C8H18N4O. The Bertz CT molecular complexity index is 177. The van der Waals surface area contributed by atoms with Crippen molar-refractivity contribution in [2.75, 3.05) is 26.8 Å². The van der Waals surface area contributed by atoms with Crippen LogP contribution in [-0.4, -0.2) is 43.7 Å². The Morgan fingerprint density at radius 2 is 2.54 bits per heavy atom. The largest absolute Gasteiger partial charge is 0.379 e. The summed E-state index contributed by atoms with van der Waals surface area (Å²) in [6.07, 6.45) is 1.05. The molecular weight excluding hydrogens is 168 g/mol. The van der Waals surface area contributed by atoms with Gasteiger partial charge in [0.2, 0.25) is 5.96 Å². The van der Waals surface area contributed by atoms with Gasteiger partial charge in [-0.2, -0.15) is 0 Å². The van der Waals surface area contributed by atoms with Crippen LogP contribution in [0.3, 0.4) is 0 Å². The standard InChI is InChI=1S/C8H18N4O/c1-3-12(8(10-2)11-9)7-4-5-13-6-7/h7H,3-6,9H2,1-2H3,(H,10,11). The molecule has 1 aliphatic rings. The number of hydrogen-bond donors (Lipinski definition) is 2. The zero-order valence-electron chi connectivity index (χ0n) is 8.29. The van der Waals surface area contributed by atoms with Crippen molar-refractivity contribution in [1.82, 2.24) is 10.3 Å². The van der Waals surface area contributed by atoms with E-state index in [1.54, 1.807) is 7.05 Å². The molecule has 0 aromatic rings. The van der Waals surface area contributed by atoms with Gasteiger partial charge in [0.05, 0.1) is 12.6 Å². The van der Waals surface area contributed by atoms with Crippen LogP contribution in [0.1, 0.15) is 13.3 Å². The number of nitrogens with two attached hydrogens (primary N) is 1. The second kappa shape index (κ2) is 5.04. The van der Waals surface area contributed by atoms with Crippen molar-refractivity contribution in [2.45, 2.75) is 19.4 Å². The number of aliphatic imine (C=N–C) groups is 1. The SMILES string of the molecule is CCN(C(=NC)NN)C1CCOC1. The number of nitrogens with one attached hydrogen (secondary N) is 1. The summed E-state index contributed by atoms with van der Waals surface area (Å²) in [5, 5.41) is 0. The van der Waals surface area contributed by atoms with Crippen LogP contribution in [0.2, 0.25) is 0 Å². The molecule has 0 radical (unpaired) electrons. The molecule has 0 bridgehead atoms. The maximum absolute atomic E-state index is 5.36. The zero-order valence-corrected chi connectivity index (χ0v) is 8.29. The number of hydrogen-bond acceptors (Lipinski definition) is 3. The summed E-state index contributed by atoms with van der Waals surface area (Å²) >= 11 is 0. The third kappa shape index (κ3) is 2.32. The number of hydrazine groups is 1. The molecule has 5 heteroatoms. The second-order valence-electron chi connectivity index (χ2n) is 2.99. The fraction of sp³-hybridized carbons (Fsp3) is 0.875. The van der Waals surface area contributed by atoms with Crippen LogP contribution in [0.4, 0.5) is 0 Å². The summed E-state index contributed by atoms with van der Waals surface area (Å²) in [5.41, 5.74) is 2.60. The van der Waals surface area contributed by atoms with E-state index in [0.29, 0.717) is 6.04 Å². The zero-order chi connectivity index (χ0) is 9.68. The molecule has 0 spiro atoms. The number of ether oxygens (including phenoxy) is 1. The lowest BCUT2D eigenvalue weighted by Gasteiger charge is -2.28. The second-order valence-corrected chi connectivity index (χ2v) is 2.99. The molecule has 1 saturated heterocycles. The molecule has 13 heavy (non-hydrogen) atoms. The van der Waals surface area contributed by atoms with Crippen molar-refractivity contribution in [3.05, 3.63) is 0 Å². The third-order valence-electron chi connectivity index (χ3n) is 2.30. The highest BCUT2D eigenvalue weighted by molar-refractivity contribution is 5.79. The maximum atomic E-state index is 5.36. The monoisotopic (exact) mass is 186 g/mol. The lowest BCUT2D eigenvalue weighted by molar-refractivity contribution is 0.174. The maximum Gasteiger partial charge on any atom is 0.208 e. The van der Waals surface area contributed by atoms with Gasteiger partial charge in [-0.1, -0.05) is 0 Å². The van der Waals surface area contributed by atoms with Crippen molar-refractivity contribution in [2.24, 2.45) is 10.8 Å². The van der Waals surface area contributed by atoms with Crippen molar-refractivity contribution in [1.29, 1.82) is 0 Å². The predicted octanol–water partition coefficient (Wildman–Crippen LogP) is -0.454. The average molecular weight is 186 g/mol. The highest BCUT2D eigenvalue weighted by Gasteiger charge is 2.23. The fourth-order valence-corrected chi connectivity index (χ4v) is 1.62. The van der Waals surface area contributed by atoms with E-state index in [9.17, 15) is 0 Å². The van der Waals surface area contributed by atoms with E-state index in [1.807, 2.05) is 0 Å². The summed E-state index contributed by atoms with van der Waals surface area (Å²) < 4.78 is 5.31. The quantitative estimate of drug-likeness (QED) is 0.265. The molecule has 0 aromatic carbocycles.